The van der Waals surface area contributed by atoms with E-state index in [9.17, 15) is 18.0 Å². The van der Waals surface area contributed by atoms with Gasteiger partial charge in [0, 0.05) is 44.3 Å². The third-order valence-electron chi connectivity index (χ3n) is 6.66. The Morgan fingerprint density at radius 1 is 1.06 bits per heavy atom. The molecule has 2 aromatic rings. The van der Waals surface area contributed by atoms with Gasteiger partial charge in [-0.15, -0.1) is 0 Å². The molecule has 0 unspecified atom stereocenters. The number of hydrogen-bond donors (Lipinski definition) is 1. The fraction of sp³-hybridized carbons (Fsp3) is 0.583. The summed E-state index contributed by atoms with van der Waals surface area (Å²) in [6.07, 6.45) is 6.42. The molecule has 186 valence electrons. The molecule has 1 aromatic heterocycles. The van der Waals surface area contributed by atoms with Crippen LogP contribution in [0.3, 0.4) is 0 Å². The molecule has 0 radical (unpaired) electrons. The molecule has 34 heavy (non-hydrogen) atoms. The predicted octanol–water partition coefficient (Wildman–Crippen LogP) is 1.65. The number of carbonyl (C=O) groups excluding carboxylic acids is 1. The zero-order valence-corrected chi connectivity index (χ0v) is 20.6. The monoisotopic (exact) mass is 490 g/mol. The topological polar surface area (TPSA) is 101 Å². The van der Waals surface area contributed by atoms with Crippen LogP contribution in [0.4, 0.5) is 0 Å². The first-order valence-corrected chi connectivity index (χ1v) is 13.6. The van der Waals surface area contributed by atoms with Crippen LogP contribution in [0.2, 0.25) is 0 Å². The number of benzene rings is 1. The summed E-state index contributed by atoms with van der Waals surface area (Å²) in [5, 5.41) is 3.12. The molecule has 4 rings (SSSR count). The highest BCUT2D eigenvalue weighted by molar-refractivity contribution is 7.89. The standard InChI is InChI=1S/C24H34N4O5S/c1-2-27-18-21(24(30)25-9-12-26-10-5-3-4-6-11-26)23(29)20-17-19(7-8-22(20)27)34(31,32)28-13-15-33-16-14-28/h7-8,17-18H,2-6,9-16H2,1H3,(H,25,30). The lowest BCUT2D eigenvalue weighted by Gasteiger charge is -2.26. The van der Waals surface area contributed by atoms with Crippen molar-refractivity contribution in [1.82, 2.24) is 19.1 Å². The first kappa shape index (κ1) is 24.8. The van der Waals surface area contributed by atoms with Crippen LogP contribution in [-0.4, -0.2) is 80.6 Å². The number of ether oxygens (including phenoxy) is 1. The minimum absolute atomic E-state index is 0.0335. The van der Waals surface area contributed by atoms with E-state index in [0.29, 0.717) is 31.8 Å². The van der Waals surface area contributed by atoms with Crippen molar-refractivity contribution in [2.75, 3.05) is 52.5 Å². The molecule has 2 fully saturated rings. The van der Waals surface area contributed by atoms with Crippen molar-refractivity contribution in [2.45, 2.75) is 44.0 Å². The molecule has 2 saturated heterocycles. The van der Waals surface area contributed by atoms with Crippen molar-refractivity contribution in [2.24, 2.45) is 0 Å². The molecule has 2 aliphatic rings. The Morgan fingerprint density at radius 2 is 1.76 bits per heavy atom. The van der Waals surface area contributed by atoms with Crippen molar-refractivity contribution in [3.05, 3.63) is 40.2 Å². The number of rotatable bonds is 7. The minimum Gasteiger partial charge on any atom is -0.379 e. The maximum absolute atomic E-state index is 13.3. The normalized spacial score (nSPS) is 18.6. The van der Waals surface area contributed by atoms with Crippen LogP contribution in [0.5, 0.6) is 0 Å². The van der Waals surface area contributed by atoms with E-state index in [1.165, 1.54) is 42.1 Å². The number of pyridine rings is 1. The lowest BCUT2D eigenvalue weighted by molar-refractivity contribution is 0.0730. The van der Waals surface area contributed by atoms with Crippen LogP contribution in [0.1, 0.15) is 43.0 Å². The van der Waals surface area contributed by atoms with Gasteiger partial charge in [0.25, 0.3) is 5.91 Å². The Hall–Kier alpha value is -2.27. The van der Waals surface area contributed by atoms with Gasteiger partial charge in [0.05, 0.1) is 23.6 Å². The lowest BCUT2D eigenvalue weighted by Crippen LogP contribution is -2.40. The van der Waals surface area contributed by atoms with Gasteiger partial charge in [-0.1, -0.05) is 12.8 Å². The van der Waals surface area contributed by atoms with E-state index in [4.69, 9.17) is 4.74 Å². The van der Waals surface area contributed by atoms with Gasteiger partial charge >= 0.3 is 0 Å². The van der Waals surface area contributed by atoms with Crippen molar-refractivity contribution >= 4 is 26.8 Å². The SMILES string of the molecule is CCn1cc(C(=O)NCCN2CCCCCC2)c(=O)c2cc(S(=O)(=O)N3CCOCC3)ccc21. The summed E-state index contributed by atoms with van der Waals surface area (Å²) in [4.78, 5) is 28.6. The number of amides is 1. The summed E-state index contributed by atoms with van der Waals surface area (Å²) in [6.45, 7) is 7.00. The number of sulfonamides is 1. The van der Waals surface area contributed by atoms with Gasteiger partial charge < -0.3 is 19.5 Å². The van der Waals surface area contributed by atoms with Crippen LogP contribution in [-0.2, 0) is 21.3 Å². The minimum atomic E-state index is -3.75. The maximum Gasteiger partial charge on any atom is 0.256 e. The Bertz CT molecular complexity index is 1180. The quantitative estimate of drug-likeness (QED) is 0.633. The molecule has 1 N–H and O–H groups in total. The van der Waals surface area contributed by atoms with Crippen LogP contribution in [0.15, 0.2) is 34.1 Å². The van der Waals surface area contributed by atoms with E-state index in [-0.39, 0.29) is 28.9 Å². The van der Waals surface area contributed by atoms with Crippen LogP contribution >= 0.6 is 0 Å². The van der Waals surface area contributed by atoms with E-state index < -0.39 is 21.4 Å². The van der Waals surface area contributed by atoms with Crippen molar-refractivity contribution in [3.63, 3.8) is 0 Å². The second-order valence-corrected chi connectivity index (χ2v) is 10.8. The van der Waals surface area contributed by atoms with Gasteiger partial charge in [-0.05, 0) is 51.1 Å². The molecule has 9 nitrogen and oxygen atoms in total. The van der Waals surface area contributed by atoms with Gasteiger partial charge in [0.2, 0.25) is 15.5 Å². The number of carbonyl (C=O) groups is 1. The smallest absolute Gasteiger partial charge is 0.256 e. The Labute approximate surface area is 200 Å². The number of likely N-dealkylation sites (tertiary alicyclic amines) is 1. The number of aryl methyl sites for hydroxylation is 1. The molecular weight excluding hydrogens is 456 g/mol. The number of aromatic nitrogens is 1. The van der Waals surface area contributed by atoms with Crippen molar-refractivity contribution in [1.29, 1.82) is 0 Å². The summed E-state index contributed by atoms with van der Waals surface area (Å²) in [6, 6.07) is 4.58. The molecule has 0 bridgehead atoms. The van der Waals surface area contributed by atoms with E-state index in [0.717, 1.165) is 19.6 Å². The Morgan fingerprint density at radius 3 is 2.44 bits per heavy atom. The highest BCUT2D eigenvalue weighted by Gasteiger charge is 2.27. The summed E-state index contributed by atoms with van der Waals surface area (Å²) >= 11 is 0. The van der Waals surface area contributed by atoms with Crippen molar-refractivity contribution < 1.29 is 17.9 Å². The fourth-order valence-corrected chi connectivity index (χ4v) is 6.11. The van der Waals surface area contributed by atoms with Gasteiger partial charge in [0.1, 0.15) is 5.56 Å². The van der Waals surface area contributed by atoms with Gasteiger partial charge in [0.15, 0.2) is 0 Å². The van der Waals surface area contributed by atoms with Crippen LogP contribution < -0.4 is 10.7 Å². The number of hydrogen-bond acceptors (Lipinski definition) is 6. The number of fused-ring (bicyclic) bond motifs is 1. The molecular formula is C24H34N4O5S. The average molecular weight is 491 g/mol. The van der Waals surface area contributed by atoms with E-state index in [1.807, 2.05) is 11.5 Å². The summed E-state index contributed by atoms with van der Waals surface area (Å²) in [5.41, 5.74) is 0.187. The lowest BCUT2D eigenvalue weighted by atomic mass is 10.1. The summed E-state index contributed by atoms with van der Waals surface area (Å²) < 4.78 is 34.7. The van der Waals surface area contributed by atoms with Gasteiger partial charge in [-0.3, -0.25) is 9.59 Å². The molecule has 1 amide bonds. The number of nitrogens with one attached hydrogen (secondary N) is 1. The average Bonchev–Trinajstić information content (AvgIpc) is 3.13. The third kappa shape index (κ3) is 5.35. The largest absolute Gasteiger partial charge is 0.379 e. The molecule has 0 spiro atoms. The maximum atomic E-state index is 13.3. The molecule has 10 heteroatoms. The van der Waals surface area contributed by atoms with E-state index >= 15 is 0 Å². The first-order valence-electron chi connectivity index (χ1n) is 12.2. The highest BCUT2D eigenvalue weighted by Crippen LogP contribution is 2.22. The third-order valence-corrected chi connectivity index (χ3v) is 8.55. The summed E-state index contributed by atoms with van der Waals surface area (Å²) in [7, 11) is -3.75. The van der Waals surface area contributed by atoms with Gasteiger partial charge in [-0.25, -0.2) is 8.42 Å². The highest BCUT2D eigenvalue weighted by atomic mass is 32.2. The Balaban J connectivity index is 1.59. The first-order chi connectivity index (χ1) is 16.4. The van der Waals surface area contributed by atoms with E-state index in [2.05, 4.69) is 10.2 Å². The predicted molar refractivity (Wildman–Crippen MR) is 131 cm³/mol. The second kappa shape index (κ2) is 11.0. The molecule has 3 heterocycles. The molecule has 0 atom stereocenters. The zero-order valence-electron chi connectivity index (χ0n) is 19.8. The molecule has 2 aliphatic heterocycles. The second-order valence-electron chi connectivity index (χ2n) is 8.87. The molecule has 0 aliphatic carbocycles. The fourth-order valence-electron chi connectivity index (χ4n) is 4.68. The number of nitrogens with zero attached hydrogens (tertiary/aromatic N) is 3. The van der Waals surface area contributed by atoms with Crippen LogP contribution in [0.25, 0.3) is 10.9 Å². The molecule has 0 saturated carbocycles. The van der Waals surface area contributed by atoms with Crippen LogP contribution in [0, 0.1) is 0 Å². The Kier molecular flexibility index (Phi) is 8.02. The summed E-state index contributed by atoms with van der Waals surface area (Å²) in [5.74, 6) is -0.426. The van der Waals surface area contributed by atoms with Crippen molar-refractivity contribution in [3.8, 4) is 0 Å². The van der Waals surface area contributed by atoms with E-state index in [1.54, 1.807) is 12.3 Å². The van der Waals surface area contributed by atoms with Gasteiger partial charge in [-0.2, -0.15) is 4.31 Å². The molecule has 1 aromatic carbocycles. The number of morpholine rings is 1. The zero-order chi connectivity index (χ0) is 24.1.